The third-order valence-electron chi connectivity index (χ3n) is 3.24. The lowest BCUT2D eigenvalue weighted by molar-refractivity contribution is -0.384. The van der Waals surface area contributed by atoms with Crippen molar-refractivity contribution in [2.24, 2.45) is 0 Å². The van der Waals surface area contributed by atoms with Crippen LogP contribution in [0.3, 0.4) is 0 Å². The van der Waals surface area contributed by atoms with Crippen molar-refractivity contribution in [2.75, 3.05) is 6.54 Å². The molecular weight excluding hydrogens is 262 g/mol. The van der Waals surface area contributed by atoms with Gasteiger partial charge in [0.05, 0.1) is 11.0 Å². The van der Waals surface area contributed by atoms with Crippen LogP contribution in [0.5, 0.6) is 0 Å². The fraction of sp³-hybridized carbons (Fsp3) is 0.385. The van der Waals surface area contributed by atoms with Gasteiger partial charge >= 0.3 is 6.09 Å². The number of nitrogens with zero attached hydrogens (tertiary/aromatic N) is 2. The van der Waals surface area contributed by atoms with Gasteiger partial charge in [0, 0.05) is 24.9 Å². The van der Waals surface area contributed by atoms with Crippen LogP contribution < -0.4 is 0 Å². The first kappa shape index (κ1) is 14.0. The van der Waals surface area contributed by atoms with E-state index >= 15 is 0 Å². The number of ether oxygens (including phenoxy) is 1. The number of benzene rings is 1. The molecule has 0 radical (unpaired) electrons. The number of carbonyl (C=O) groups excluding carboxylic acids is 1. The van der Waals surface area contributed by atoms with Crippen molar-refractivity contribution < 1.29 is 14.5 Å². The van der Waals surface area contributed by atoms with Gasteiger partial charge in [0.15, 0.2) is 0 Å². The molecule has 1 aliphatic heterocycles. The summed E-state index contributed by atoms with van der Waals surface area (Å²) in [6.07, 6.45) is 2.46. The first-order valence-electron chi connectivity index (χ1n) is 6.29. The van der Waals surface area contributed by atoms with Gasteiger partial charge in [-0.2, -0.15) is 0 Å². The van der Waals surface area contributed by atoms with Gasteiger partial charge in [-0.25, -0.2) is 4.79 Å². The second-order valence-corrected chi connectivity index (χ2v) is 4.55. The minimum Gasteiger partial charge on any atom is -0.445 e. The molecule has 0 saturated carbocycles. The highest BCUT2D eigenvalue weighted by molar-refractivity contribution is 5.74. The number of amides is 1. The molecule has 0 bridgehead atoms. The predicted octanol–water partition coefficient (Wildman–Crippen LogP) is 2.35. The first-order valence-corrected chi connectivity index (χ1v) is 6.29. The molecule has 1 fully saturated rings. The van der Waals surface area contributed by atoms with Crippen LogP contribution in [0.25, 0.3) is 0 Å². The van der Waals surface area contributed by atoms with E-state index in [-0.39, 0.29) is 18.3 Å². The minimum atomic E-state index is -0.477. The summed E-state index contributed by atoms with van der Waals surface area (Å²) < 4.78 is 5.16. The lowest BCUT2D eigenvalue weighted by Gasteiger charge is -2.20. The van der Waals surface area contributed by atoms with E-state index in [1.54, 1.807) is 12.1 Å². The normalized spacial score (nSPS) is 17.8. The van der Waals surface area contributed by atoms with Crippen molar-refractivity contribution in [3.05, 3.63) is 39.9 Å². The topological polar surface area (TPSA) is 96.5 Å². The lowest BCUT2D eigenvalue weighted by atomic mass is 10.2. The molecule has 2 rings (SSSR count). The monoisotopic (exact) mass is 277 g/mol. The Morgan fingerprint density at radius 2 is 2.20 bits per heavy atom. The Morgan fingerprint density at radius 3 is 2.80 bits per heavy atom. The van der Waals surface area contributed by atoms with Crippen molar-refractivity contribution in [1.29, 1.82) is 5.41 Å². The van der Waals surface area contributed by atoms with E-state index in [1.165, 1.54) is 23.2 Å². The zero-order valence-corrected chi connectivity index (χ0v) is 10.8. The van der Waals surface area contributed by atoms with Gasteiger partial charge < -0.3 is 15.0 Å². The van der Waals surface area contributed by atoms with Crippen LogP contribution in [0.15, 0.2) is 24.3 Å². The third kappa shape index (κ3) is 3.11. The summed E-state index contributed by atoms with van der Waals surface area (Å²) in [5.74, 6) is 0. The molecule has 0 aliphatic carbocycles. The Labute approximate surface area is 115 Å². The van der Waals surface area contributed by atoms with Gasteiger partial charge in [0.25, 0.3) is 5.69 Å². The maximum atomic E-state index is 11.9. The fourth-order valence-electron chi connectivity index (χ4n) is 2.13. The summed E-state index contributed by atoms with van der Waals surface area (Å²) in [6.45, 7) is 0.664. The maximum Gasteiger partial charge on any atom is 0.410 e. The van der Waals surface area contributed by atoms with Crippen molar-refractivity contribution >= 4 is 18.0 Å². The van der Waals surface area contributed by atoms with E-state index in [2.05, 4.69) is 0 Å². The molecule has 1 aromatic carbocycles. The van der Waals surface area contributed by atoms with Crippen LogP contribution in [-0.4, -0.2) is 34.7 Å². The number of hydrogen-bond acceptors (Lipinski definition) is 5. The molecule has 1 aliphatic rings. The van der Waals surface area contributed by atoms with Crippen LogP contribution in [-0.2, 0) is 11.3 Å². The smallest absolute Gasteiger partial charge is 0.410 e. The van der Waals surface area contributed by atoms with Crippen LogP contribution >= 0.6 is 0 Å². The molecule has 106 valence electrons. The molecular formula is C13H15N3O4. The van der Waals surface area contributed by atoms with E-state index in [1.807, 2.05) is 0 Å². The van der Waals surface area contributed by atoms with Crippen LogP contribution in [0.1, 0.15) is 18.4 Å². The van der Waals surface area contributed by atoms with Gasteiger partial charge in [0.2, 0.25) is 0 Å². The van der Waals surface area contributed by atoms with Crippen molar-refractivity contribution in [3.8, 4) is 0 Å². The average Bonchev–Trinajstić information content (AvgIpc) is 2.93. The molecule has 1 amide bonds. The van der Waals surface area contributed by atoms with Crippen LogP contribution in [0.2, 0.25) is 0 Å². The standard InChI is InChI=1S/C13H15N3O4/c14-8-12-2-1-7-15(12)13(17)20-9-10-3-5-11(6-4-10)16(18)19/h3-6,8,12,14H,1-2,7,9H2. The first-order chi connectivity index (χ1) is 9.61. The average molecular weight is 277 g/mol. The van der Waals surface area contributed by atoms with Crippen molar-refractivity contribution in [1.82, 2.24) is 4.90 Å². The molecule has 20 heavy (non-hydrogen) atoms. The molecule has 0 aromatic heterocycles. The van der Waals surface area contributed by atoms with E-state index in [4.69, 9.17) is 10.1 Å². The molecule has 1 saturated heterocycles. The van der Waals surface area contributed by atoms with E-state index < -0.39 is 11.0 Å². The largest absolute Gasteiger partial charge is 0.445 e. The van der Waals surface area contributed by atoms with Crippen molar-refractivity contribution in [2.45, 2.75) is 25.5 Å². The Bertz CT molecular complexity index is 515. The van der Waals surface area contributed by atoms with E-state index in [9.17, 15) is 14.9 Å². The predicted molar refractivity (Wildman–Crippen MR) is 71.8 cm³/mol. The highest BCUT2D eigenvalue weighted by atomic mass is 16.6. The second kappa shape index (κ2) is 6.14. The zero-order valence-electron chi connectivity index (χ0n) is 10.8. The second-order valence-electron chi connectivity index (χ2n) is 4.55. The van der Waals surface area contributed by atoms with Crippen LogP contribution in [0, 0.1) is 15.5 Å². The number of non-ortho nitro benzene ring substituents is 1. The molecule has 7 nitrogen and oxygen atoms in total. The summed E-state index contributed by atoms with van der Waals surface area (Å²) >= 11 is 0. The highest BCUT2D eigenvalue weighted by Crippen LogP contribution is 2.18. The van der Waals surface area contributed by atoms with E-state index in [0.717, 1.165) is 12.8 Å². The van der Waals surface area contributed by atoms with Gasteiger partial charge in [-0.1, -0.05) is 0 Å². The number of carbonyl (C=O) groups is 1. The number of likely N-dealkylation sites (tertiary alicyclic amines) is 1. The molecule has 7 heteroatoms. The number of nitrogens with one attached hydrogen (secondary N) is 1. The quantitative estimate of drug-likeness (QED) is 0.519. The molecule has 1 unspecified atom stereocenters. The highest BCUT2D eigenvalue weighted by Gasteiger charge is 2.28. The summed E-state index contributed by atoms with van der Waals surface area (Å²) in [5, 5.41) is 17.8. The summed E-state index contributed by atoms with van der Waals surface area (Å²) in [5.41, 5.74) is 0.693. The Balaban J connectivity index is 1.90. The number of nitro groups is 1. The molecule has 1 atom stereocenters. The summed E-state index contributed by atoms with van der Waals surface area (Å²) in [4.78, 5) is 23.4. The fourth-order valence-corrected chi connectivity index (χ4v) is 2.13. The zero-order chi connectivity index (χ0) is 14.5. The number of nitro benzene ring substituents is 1. The number of rotatable bonds is 4. The third-order valence-corrected chi connectivity index (χ3v) is 3.24. The molecule has 0 spiro atoms. The SMILES string of the molecule is N=CC1CCCN1C(=O)OCc1ccc([N+](=O)[O-])cc1. The van der Waals surface area contributed by atoms with E-state index in [0.29, 0.717) is 12.1 Å². The van der Waals surface area contributed by atoms with Crippen molar-refractivity contribution in [3.63, 3.8) is 0 Å². The summed E-state index contributed by atoms with van der Waals surface area (Å²) in [6, 6.07) is 5.69. The maximum absolute atomic E-state index is 11.9. The van der Waals surface area contributed by atoms with Crippen LogP contribution in [0.4, 0.5) is 10.5 Å². The Hall–Kier alpha value is -2.44. The summed E-state index contributed by atoms with van der Waals surface area (Å²) in [7, 11) is 0. The lowest BCUT2D eigenvalue weighted by Crippen LogP contribution is -2.36. The Kier molecular flexibility index (Phi) is 4.29. The number of hydrogen-bond donors (Lipinski definition) is 1. The minimum absolute atomic E-state index is 0.00323. The Morgan fingerprint density at radius 1 is 1.50 bits per heavy atom. The molecule has 1 aromatic rings. The van der Waals surface area contributed by atoms with Gasteiger partial charge in [-0.15, -0.1) is 0 Å². The van der Waals surface area contributed by atoms with Gasteiger partial charge in [-0.05, 0) is 30.5 Å². The molecule has 1 heterocycles. The van der Waals surface area contributed by atoms with Gasteiger partial charge in [0.1, 0.15) is 6.61 Å². The molecule has 1 N–H and O–H groups in total. The van der Waals surface area contributed by atoms with Gasteiger partial charge in [-0.3, -0.25) is 10.1 Å².